The van der Waals surface area contributed by atoms with Crippen LogP contribution in [-0.2, 0) is 17.9 Å². The van der Waals surface area contributed by atoms with Crippen molar-refractivity contribution in [3.05, 3.63) is 66.1 Å². The summed E-state index contributed by atoms with van der Waals surface area (Å²) in [5.74, 6) is 0.781. The summed E-state index contributed by atoms with van der Waals surface area (Å²) in [7, 11) is 0. The number of aromatic nitrogens is 3. The molecule has 0 saturated carbocycles. The van der Waals surface area contributed by atoms with Gasteiger partial charge >= 0.3 is 0 Å². The summed E-state index contributed by atoms with van der Waals surface area (Å²) in [6.45, 7) is 2.65. The molecule has 0 spiro atoms. The van der Waals surface area contributed by atoms with Gasteiger partial charge in [0.2, 0.25) is 17.6 Å². The quantitative estimate of drug-likeness (QED) is 0.691. The molecule has 2 aromatic heterocycles. The van der Waals surface area contributed by atoms with Gasteiger partial charge in [-0.3, -0.25) is 14.7 Å². The van der Waals surface area contributed by atoms with Crippen molar-refractivity contribution in [1.29, 1.82) is 0 Å². The summed E-state index contributed by atoms with van der Waals surface area (Å²) in [5.41, 5.74) is 1.75. The van der Waals surface area contributed by atoms with Crippen LogP contribution in [0.3, 0.4) is 0 Å². The van der Waals surface area contributed by atoms with Gasteiger partial charge in [0.05, 0.1) is 6.54 Å². The van der Waals surface area contributed by atoms with E-state index in [0.717, 1.165) is 31.5 Å². The molecule has 1 amide bonds. The van der Waals surface area contributed by atoms with Gasteiger partial charge in [-0.2, -0.15) is 4.98 Å². The topological polar surface area (TPSA) is 84.2 Å². The highest BCUT2D eigenvalue weighted by molar-refractivity contribution is 5.78. The van der Waals surface area contributed by atoms with E-state index >= 15 is 0 Å². The number of amides is 1. The maximum Gasteiger partial charge on any atom is 0.241 e. The lowest BCUT2D eigenvalue weighted by atomic mass is 9.96. The number of carbonyl (C=O) groups is 1. The van der Waals surface area contributed by atoms with Gasteiger partial charge in [0, 0.05) is 30.4 Å². The van der Waals surface area contributed by atoms with E-state index in [2.05, 4.69) is 25.3 Å². The third-order valence-electron chi connectivity index (χ3n) is 5.10. The van der Waals surface area contributed by atoms with Crippen molar-refractivity contribution in [2.45, 2.75) is 25.9 Å². The summed E-state index contributed by atoms with van der Waals surface area (Å²) in [4.78, 5) is 23.0. The van der Waals surface area contributed by atoms with Crippen LogP contribution >= 0.6 is 0 Å². The average Bonchev–Trinajstić information content (AvgIpc) is 3.22. The maximum absolute atomic E-state index is 13.0. The summed E-state index contributed by atoms with van der Waals surface area (Å²) < 4.78 is 18.4. The number of rotatable bonds is 6. The zero-order valence-electron chi connectivity index (χ0n) is 15.9. The Hall–Kier alpha value is -3.13. The highest BCUT2D eigenvalue weighted by atomic mass is 19.1. The molecule has 3 aromatic rings. The molecule has 1 aliphatic heterocycles. The highest BCUT2D eigenvalue weighted by Gasteiger charge is 2.25. The molecular formula is C21H22FN5O2. The van der Waals surface area contributed by atoms with Crippen LogP contribution in [0.2, 0.25) is 0 Å². The number of likely N-dealkylation sites (tertiary alicyclic amines) is 1. The monoisotopic (exact) mass is 395 g/mol. The molecule has 1 aliphatic rings. The van der Waals surface area contributed by atoms with Crippen LogP contribution in [0.25, 0.3) is 11.4 Å². The lowest BCUT2D eigenvalue weighted by Crippen LogP contribution is -2.40. The number of benzene rings is 1. The van der Waals surface area contributed by atoms with Crippen molar-refractivity contribution < 1.29 is 13.7 Å². The molecule has 0 atom stereocenters. The third kappa shape index (κ3) is 5.03. The minimum atomic E-state index is -0.301. The van der Waals surface area contributed by atoms with E-state index in [1.807, 2.05) is 12.1 Å². The first-order valence-corrected chi connectivity index (χ1v) is 9.65. The Morgan fingerprint density at radius 3 is 2.59 bits per heavy atom. The van der Waals surface area contributed by atoms with E-state index in [9.17, 15) is 9.18 Å². The second-order valence-corrected chi connectivity index (χ2v) is 7.14. The minimum Gasteiger partial charge on any atom is -0.352 e. The van der Waals surface area contributed by atoms with E-state index in [4.69, 9.17) is 4.52 Å². The van der Waals surface area contributed by atoms with Crippen LogP contribution in [0.1, 0.15) is 24.3 Å². The van der Waals surface area contributed by atoms with E-state index in [-0.39, 0.29) is 17.6 Å². The van der Waals surface area contributed by atoms with Gasteiger partial charge in [-0.25, -0.2) is 4.39 Å². The molecule has 1 fully saturated rings. The molecule has 1 saturated heterocycles. The molecule has 8 heteroatoms. The number of hydrogen-bond acceptors (Lipinski definition) is 6. The molecule has 1 N–H and O–H groups in total. The van der Waals surface area contributed by atoms with Gasteiger partial charge < -0.3 is 9.84 Å². The number of nitrogens with zero attached hydrogens (tertiary/aromatic N) is 4. The van der Waals surface area contributed by atoms with Crippen LogP contribution < -0.4 is 5.32 Å². The number of nitrogens with one attached hydrogen (secondary N) is 1. The van der Waals surface area contributed by atoms with E-state index in [0.29, 0.717) is 30.4 Å². The fourth-order valence-corrected chi connectivity index (χ4v) is 3.41. The first kappa shape index (κ1) is 19.2. The van der Waals surface area contributed by atoms with E-state index in [1.165, 1.54) is 12.1 Å². The van der Waals surface area contributed by atoms with Crippen LogP contribution in [0, 0.1) is 11.7 Å². The molecule has 1 aromatic carbocycles. The smallest absolute Gasteiger partial charge is 0.241 e. The van der Waals surface area contributed by atoms with Gasteiger partial charge in [0.25, 0.3) is 0 Å². The zero-order chi connectivity index (χ0) is 20.1. The van der Waals surface area contributed by atoms with Gasteiger partial charge in [0.15, 0.2) is 0 Å². The predicted octanol–water partition coefficient (Wildman–Crippen LogP) is 2.80. The Morgan fingerprint density at radius 1 is 1.14 bits per heavy atom. The minimum absolute atomic E-state index is 0.0190. The number of hydrogen-bond donors (Lipinski definition) is 1. The number of halogens is 1. The van der Waals surface area contributed by atoms with Crippen molar-refractivity contribution >= 4 is 5.91 Å². The Morgan fingerprint density at radius 2 is 1.86 bits per heavy atom. The molecule has 7 nitrogen and oxygen atoms in total. The molecule has 4 rings (SSSR count). The van der Waals surface area contributed by atoms with E-state index in [1.54, 1.807) is 24.5 Å². The molecule has 0 aliphatic carbocycles. The van der Waals surface area contributed by atoms with Crippen molar-refractivity contribution in [2.24, 2.45) is 5.92 Å². The predicted molar refractivity (Wildman–Crippen MR) is 104 cm³/mol. The molecule has 0 bridgehead atoms. The van der Waals surface area contributed by atoms with Gasteiger partial charge in [-0.15, -0.1) is 0 Å². The first-order valence-electron chi connectivity index (χ1n) is 9.65. The van der Waals surface area contributed by atoms with Crippen LogP contribution in [0.4, 0.5) is 4.39 Å². The Kier molecular flexibility index (Phi) is 5.90. The summed E-state index contributed by atoms with van der Waals surface area (Å²) in [6, 6.07) is 9.78. The Bertz CT molecular complexity index is 937. The van der Waals surface area contributed by atoms with Gasteiger partial charge in [-0.05, 0) is 67.9 Å². The normalized spacial score (nSPS) is 15.3. The Labute approximate surface area is 168 Å². The van der Waals surface area contributed by atoms with Crippen molar-refractivity contribution in [2.75, 3.05) is 13.1 Å². The van der Waals surface area contributed by atoms with E-state index < -0.39 is 0 Å². The van der Waals surface area contributed by atoms with Crippen LogP contribution in [0.15, 0.2) is 53.3 Å². The summed E-state index contributed by atoms with van der Waals surface area (Å²) in [6.07, 6.45) is 5.03. The maximum atomic E-state index is 13.0. The molecule has 0 unspecified atom stereocenters. The highest BCUT2D eigenvalue weighted by Crippen LogP contribution is 2.21. The first-order chi connectivity index (χ1) is 14.2. The lowest BCUT2D eigenvalue weighted by Gasteiger charge is -2.30. The third-order valence-corrected chi connectivity index (χ3v) is 5.10. The van der Waals surface area contributed by atoms with Crippen molar-refractivity contribution in [3.63, 3.8) is 0 Å². The Balaban J connectivity index is 1.25. The van der Waals surface area contributed by atoms with Gasteiger partial charge in [0.1, 0.15) is 5.82 Å². The fourth-order valence-electron chi connectivity index (χ4n) is 3.41. The summed E-state index contributed by atoms with van der Waals surface area (Å²) >= 11 is 0. The zero-order valence-corrected chi connectivity index (χ0v) is 15.9. The fraction of sp³-hybridized carbons (Fsp3) is 0.333. The molecule has 3 heterocycles. The molecular weight excluding hydrogens is 373 g/mol. The number of pyridine rings is 1. The number of piperidine rings is 1. The molecule has 150 valence electrons. The van der Waals surface area contributed by atoms with Gasteiger partial charge in [-0.1, -0.05) is 5.16 Å². The largest absolute Gasteiger partial charge is 0.352 e. The SMILES string of the molecule is O=C(NCc1ccncc1)C1CCN(Cc2nc(-c3ccc(F)cc3)no2)CC1. The second kappa shape index (κ2) is 8.91. The standard InChI is InChI=1S/C21H22FN5O2/c22-18-3-1-16(2-4-18)20-25-19(29-26-20)14-27-11-7-17(8-12-27)21(28)24-13-15-5-9-23-10-6-15/h1-6,9-10,17H,7-8,11-14H2,(H,24,28). The van der Waals surface area contributed by atoms with Crippen LogP contribution in [-0.4, -0.2) is 39.0 Å². The van der Waals surface area contributed by atoms with Crippen molar-refractivity contribution in [3.8, 4) is 11.4 Å². The van der Waals surface area contributed by atoms with Crippen molar-refractivity contribution in [1.82, 2.24) is 25.3 Å². The second-order valence-electron chi connectivity index (χ2n) is 7.14. The van der Waals surface area contributed by atoms with Crippen LogP contribution in [0.5, 0.6) is 0 Å². The summed E-state index contributed by atoms with van der Waals surface area (Å²) in [5, 5.41) is 6.98. The number of carbonyl (C=O) groups excluding carboxylic acids is 1. The average molecular weight is 395 g/mol. The lowest BCUT2D eigenvalue weighted by molar-refractivity contribution is -0.126. The molecule has 29 heavy (non-hydrogen) atoms. The molecule has 0 radical (unpaired) electrons.